The van der Waals surface area contributed by atoms with Crippen LogP contribution in [-0.4, -0.2) is 75.8 Å². The lowest BCUT2D eigenvalue weighted by atomic mass is 9.96. The molecule has 2 amide bonds. The average molecular weight is 369 g/mol. The number of fused-ring (bicyclic) bond motifs is 1. The van der Waals surface area contributed by atoms with Gasteiger partial charge in [0.2, 0.25) is 12.3 Å². The van der Waals surface area contributed by atoms with E-state index >= 15 is 0 Å². The zero-order valence-electron chi connectivity index (χ0n) is 15.9. The number of aromatic nitrogens is 2. The molecule has 2 aliphatic rings. The Kier molecular flexibility index (Phi) is 5.11. The van der Waals surface area contributed by atoms with E-state index in [1.54, 1.807) is 4.90 Å². The van der Waals surface area contributed by atoms with E-state index in [0.717, 1.165) is 55.7 Å². The number of nitrogens with zero attached hydrogens (tertiary/aromatic N) is 5. The average Bonchev–Trinajstić information content (AvgIpc) is 3.03. The molecule has 0 unspecified atom stereocenters. The van der Waals surface area contributed by atoms with Gasteiger partial charge in [0.25, 0.3) is 0 Å². The van der Waals surface area contributed by atoms with Crippen LogP contribution in [0.5, 0.6) is 0 Å². The molecule has 144 valence electrons. The molecule has 2 saturated heterocycles. The van der Waals surface area contributed by atoms with Crippen LogP contribution in [0.3, 0.4) is 0 Å². The second-order valence-corrected chi connectivity index (χ2v) is 7.62. The summed E-state index contributed by atoms with van der Waals surface area (Å²) in [4.78, 5) is 34.6. The molecule has 1 aromatic heterocycles. The van der Waals surface area contributed by atoms with Crippen molar-refractivity contribution in [3.05, 3.63) is 30.1 Å². The zero-order valence-corrected chi connectivity index (χ0v) is 15.9. The third kappa shape index (κ3) is 3.69. The van der Waals surface area contributed by atoms with E-state index in [4.69, 9.17) is 4.98 Å². The van der Waals surface area contributed by atoms with Gasteiger partial charge in [-0.1, -0.05) is 12.1 Å². The molecular weight excluding hydrogens is 342 g/mol. The Morgan fingerprint density at radius 2 is 1.96 bits per heavy atom. The predicted molar refractivity (Wildman–Crippen MR) is 103 cm³/mol. The molecule has 2 aliphatic heterocycles. The minimum Gasteiger partial charge on any atom is -0.342 e. The van der Waals surface area contributed by atoms with Gasteiger partial charge >= 0.3 is 0 Å². The zero-order chi connectivity index (χ0) is 18.8. The number of amides is 2. The molecule has 0 aliphatic carbocycles. The lowest BCUT2D eigenvalue weighted by Crippen LogP contribution is -2.52. The van der Waals surface area contributed by atoms with Gasteiger partial charge in [0.15, 0.2) is 0 Å². The van der Waals surface area contributed by atoms with Gasteiger partial charge in [0, 0.05) is 39.8 Å². The largest absolute Gasteiger partial charge is 0.342 e. The van der Waals surface area contributed by atoms with Crippen molar-refractivity contribution >= 4 is 23.4 Å². The summed E-state index contributed by atoms with van der Waals surface area (Å²) in [6, 6.07) is 8.18. The molecule has 1 aromatic carbocycles. The first kappa shape index (κ1) is 18.0. The maximum atomic E-state index is 12.9. The summed E-state index contributed by atoms with van der Waals surface area (Å²) in [6.45, 7) is 5.16. The summed E-state index contributed by atoms with van der Waals surface area (Å²) in [7, 11) is 2.06. The number of aryl methyl sites for hydroxylation is 1. The van der Waals surface area contributed by atoms with E-state index in [9.17, 15) is 9.59 Å². The number of para-hydroxylation sites is 2. The van der Waals surface area contributed by atoms with Crippen molar-refractivity contribution in [1.82, 2.24) is 24.3 Å². The number of hydrogen-bond donors (Lipinski definition) is 0. The number of rotatable bonds is 4. The molecule has 27 heavy (non-hydrogen) atoms. The van der Waals surface area contributed by atoms with Crippen LogP contribution in [0.15, 0.2) is 24.3 Å². The maximum absolute atomic E-state index is 12.9. The summed E-state index contributed by atoms with van der Waals surface area (Å²) < 4.78 is 2.15. The number of hydrogen-bond acceptors (Lipinski definition) is 4. The molecule has 0 bridgehead atoms. The van der Waals surface area contributed by atoms with Crippen LogP contribution in [0.4, 0.5) is 0 Å². The molecule has 7 nitrogen and oxygen atoms in total. The van der Waals surface area contributed by atoms with Gasteiger partial charge in [0.05, 0.1) is 23.5 Å². The molecule has 0 saturated carbocycles. The monoisotopic (exact) mass is 369 g/mol. The Balaban J connectivity index is 1.39. The van der Waals surface area contributed by atoms with E-state index in [1.807, 2.05) is 23.1 Å². The van der Waals surface area contributed by atoms with Crippen LogP contribution in [0.25, 0.3) is 11.0 Å². The fourth-order valence-corrected chi connectivity index (χ4v) is 4.24. The minimum absolute atomic E-state index is 0.0521. The van der Waals surface area contributed by atoms with Crippen LogP contribution < -0.4 is 0 Å². The Hall–Kier alpha value is -2.41. The summed E-state index contributed by atoms with van der Waals surface area (Å²) in [5.41, 5.74) is 2.16. The number of carbonyl (C=O) groups is 2. The van der Waals surface area contributed by atoms with Crippen molar-refractivity contribution in [1.29, 1.82) is 0 Å². The Labute approximate surface area is 159 Å². The normalized spacial score (nSPS) is 21.6. The van der Waals surface area contributed by atoms with Crippen LogP contribution in [0, 0.1) is 5.92 Å². The molecule has 0 radical (unpaired) electrons. The highest BCUT2D eigenvalue weighted by Crippen LogP contribution is 2.22. The summed E-state index contributed by atoms with van der Waals surface area (Å²) >= 11 is 0. The molecule has 0 N–H and O–H groups in total. The first-order chi connectivity index (χ1) is 13.2. The van der Waals surface area contributed by atoms with Crippen LogP contribution in [0.1, 0.15) is 18.7 Å². The van der Waals surface area contributed by atoms with Crippen molar-refractivity contribution in [3.63, 3.8) is 0 Å². The quantitative estimate of drug-likeness (QED) is 0.757. The van der Waals surface area contributed by atoms with Crippen LogP contribution in [0.2, 0.25) is 0 Å². The second-order valence-electron chi connectivity index (χ2n) is 7.62. The predicted octanol–water partition coefficient (Wildman–Crippen LogP) is 1.09. The topological polar surface area (TPSA) is 61.7 Å². The van der Waals surface area contributed by atoms with Gasteiger partial charge < -0.3 is 14.4 Å². The van der Waals surface area contributed by atoms with Gasteiger partial charge in [-0.05, 0) is 31.5 Å². The van der Waals surface area contributed by atoms with Crippen LogP contribution in [-0.2, 0) is 23.2 Å². The summed E-state index contributed by atoms with van der Waals surface area (Å²) in [5, 5.41) is 0. The Bertz CT molecular complexity index is 825. The third-order valence-electron chi connectivity index (χ3n) is 5.87. The fourth-order valence-electron chi connectivity index (χ4n) is 4.24. The minimum atomic E-state index is 0.0521. The Morgan fingerprint density at radius 3 is 2.70 bits per heavy atom. The number of piperidine rings is 1. The van der Waals surface area contributed by atoms with Crippen molar-refractivity contribution in [2.75, 3.05) is 39.3 Å². The van der Waals surface area contributed by atoms with Crippen molar-refractivity contribution in [2.45, 2.75) is 19.4 Å². The SMILES string of the molecule is Cn1c(CN2CCC[C@H](C(=O)N3CCN(C=O)CC3)C2)nc2ccccc21. The maximum Gasteiger partial charge on any atom is 0.227 e. The first-order valence-electron chi connectivity index (χ1n) is 9.76. The Morgan fingerprint density at radius 1 is 1.19 bits per heavy atom. The van der Waals surface area contributed by atoms with E-state index in [1.165, 1.54) is 0 Å². The van der Waals surface area contributed by atoms with E-state index in [2.05, 4.69) is 22.6 Å². The van der Waals surface area contributed by atoms with E-state index in [-0.39, 0.29) is 11.8 Å². The highest BCUT2D eigenvalue weighted by atomic mass is 16.2. The standard InChI is InChI=1S/C20H27N5O2/c1-22-18-7-3-2-6-17(18)21-19(22)14-24-8-4-5-16(13-24)20(27)25-11-9-23(15-26)10-12-25/h2-3,6-7,15-16H,4-5,8-14H2,1H3/t16-/m0/s1. The molecule has 0 spiro atoms. The van der Waals surface area contributed by atoms with Gasteiger partial charge in [-0.2, -0.15) is 0 Å². The number of benzene rings is 1. The highest BCUT2D eigenvalue weighted by molar-refractivity contribution is 5.79. The van der Waals surface area contributed by atoms with E-state index < -0.39 is 0 Å². The molecule has 7 heteroatoms. The van der Waals surface area contributed by atoms with Crippen LogP contribution >= 0.6 is 0 Å². The van der Waals surface area contributed by atoms with Gasteiger partial charge in [-0.25, -0.2) is 4.98 Å². The summed E-state index contributed by atoms with van der Waals surface area (Å²) in [5.74, 6) is 1.34. The third-order valence-corrected chi connectivity index (χ3v) is 5.87. The van der Waals surface area contributed by atoms with Gasteiger partial charge in [0.1, 0.15) is 5.82 Å². The molecule has 4 rings (SSSR count). The smallest absolute Gasteiger partial charge is 0.227 e. The fraction of sp³-hybridized carbons (Fsp3) is 0.550. The lowest BCUT2D eigenvalue weighted by molar-refractivity contribution is -0.140. The number of imidazole rings is 1. The number of likely N-dealkylation sites (tertiary alicyclic amines) is 1. The van der Waals surface area contributed by atoms with Gasteiger partial charge in [-0.3, -0.25) is 14.5 Å². The first-order valence-corrected chi connectivity index (χ1v) is 9.76. The number of carbonyl (C=O) groups excluding carboxylic acids is 2. The molecular formula is C20H27N5O2. The van der Waals surface area contributed by atoms with Crippen molar-refractivity contribution in [3.8, 4) is 0 Å². The van der Waals surface area contributed by atoms with Crippen molar-refractivity contribution < 1.29 is 9.59 Å². The van der Waals surface area contributed by atoms with Crippen molar-refractivity contribution in [2.24, 2.45) is 13.0 Å². The van der Waals surface area contributed by atoms with E-state index in [0.29, 0.717) is 26.2 Å². The molecule has 3 heterocycles. The van der Waals surface area contributed by atoms with Gasteiger partial charge in [-0.15, -0.1) is 0 Å². The molecule has 2 aromatic rings. The molecule has 1 atom stereocenters. The second kappa shape index (κ2) is 7.68. The number of piperazine rings is 1. The summed E-state index contributed by atoms with van der Waals surface area (Å²) in [6.07, 6.45) is 2.86. The lowest BCUT2D eigenvalue weighted by Gasteiger charge is -2.38. The molecule has 2 fully saturated rings. The highest BCUT2D eigenvalue weighted by Gasteiger charge is 2.31.